The van der Waals surface area contributed by atoms with E-state index in [1.807, 2.05) is 44.3 Å². The van der Waals surface area contributed by atoms with Crippen molar-refractivity contribution in [1.29, 1.82) is 0 Å². The van der Waals surface area contributed by atoms with Crippen molar-refractivity contribution in [3.63, 3.8) is 0 Å². The average molecular weight is 547 g/mol. The molecule has 0 spiro atoms. The Balaban J connectivity index is 1.58. The van der Waals surface area contributed by atoms with E-state index in [0.29, 0.717) is 35.7 Å². The number of nitrogens with zero attached hydrogens (tertiary/aromatic N) is 3. The Morgan fingerprint density at radius 3 is 2.60 bits per heavy atom. The van der Waals surface area contributed by atoms with Crippen molar-refractivity contribution in [2.45, 2.75) is 39.0 Å². The van der Waals surface area contributed by atoms with Crippen molar-refractivity contribution < 1.29 is 24.2 Å². The van der Waals surface area contributed by atoms with Crippen LogP contribution in [-0.2, 0) is 17.8 Å². The molecule has 2 heterocycles. The fourth-order valence-electron chi connectivity index (χ4n) is 4.85. The Bertz CT molecular complexity index is 1280. The number of fused-ring (bicyclic) bond motifs is 1. The topological polar surface area (TPSA) is 104 Å². The number of amides is 2. The lowest BCUT2D eigenvalue weighted by atomic mass is 10.0. The second-order valence-corrected chi connectivity index (χ2v) is 10.4. The highest BCUT2D eigenvalue weighted by Gasteiger charge is 2.31. The fourth-order valence-corrected chi connectivity index (χ4v) is 4.85. The lowest BCUT2D eigenvalue weighted by molar-refractivity contribution is -0.134. The molecular weight excluding hydrogens is 508 g/mol. The summed E-state index contributed by atoms with van der Waals surface area (Å²) in [6.07, 6.45) is 3.00. The lowest BCUT2D eigenvalue weighted by Gasteiger charge is -2.34. The third kappa shape index (κ3) is 7.37. The van der Waals surface area contributed by atoms with Crippen LogP contribution in [0.4, 0.5) is 5.69 Å². The molecule has 2 aromatic carbocycles. The summed E-state index contributed by atoms with van der Waals surface area (Å²) in [5, 5.41) is 12.8. The van der Waals surface area contributed by atoms with Crippen LogP contribution in [0.15, 0.2) is 67.0 Å². The molecule has 2 N–H and O–H groups in total. The first kappa shape index (κ1) is 29.0. The summed E-state index contributed by atoms with van der Waals surface area (Å²) in [6, 6.07) is 16.3. The van der Waals surface area contributed by atoms with Gasteiger partial charge in [0, 0.05) is 54.8 Å². The number of methoxy groups -OCH3 is 1. The lowest BCUT2D eigenvalue weighted by Crippen LogP contribution is -2.47. The van der Waals surface area contributed by atoms with E-state index in [1.165, 1.54) is 0 Å². The highest BCUT2D eigenvalue weighted by molar-refractivity contribution is 6.04. The molecule has 1 aliphatic heterocycles. The van der Waals surface area contributed by atoms with E-state index in [9.17, 15) is 14.7 Å². The van der Waals surface area contributed by atoms with Crippen LogP contribution >= 0.6 is 0 Å². The number of likely N-dealkylation sites (N-methyl/N-ethyl adjacent to an activating group) is 1. The molecule has 2 amide bonds. The molecule has 3 aromatic rings. The largest absolute Gasteiger partial charge is 0.497 e. The summed E-state index contributed by atoms with van der Waals surface area (Å²) < 4.78 is 11.9. The van der Waals surface area contributed by atoms with Gasteiger partial charge in [-0.2, -0.15) is 0 Å². The molecule has 9 nitrogen and oxygen atoms in total. The van der Waals surface area contributed by atoms with E-state index in [2.05, 4.69) is 22.1 Å². The van der Waals surface area contributed by atoms with Crippen LogP contribution in [0.1, 0.15) is 35.3 Å². The van der Waals surface area contributed by atoms with Crippen LogP contribution < -0.4 is 14.8 Å². The van der Waals surface area contributed by atoms with Gasteiger partial charge in [-0.15, -0.1) is 0 Å². The fraction of sp³-hybridized carbons (Fsp3) is 0.387. The zero-order valence-electron chi connectivity index (χ0n) is 23.5. The van der Waals surface area contributed by atoms with Gasteiger partial charge in [-0.05, 0) is 62.0 Å². The van der Waals surface area contributed by atoms with Crippen molar-refractivity contribution >= 4 is 17.5 Å². The molecule has 40 heavy (non-hydrogen) atoms. The smallest absolute Gasteiger partial charge is 0.255 e. The second-order valence-electron chi connectivity index (χ2n) is 10.4. The highest BCUT2D eigenvalue weighted by Crippen LogP contribution is 2.29. The Labute approximate surface area is 235 Å². The summed E-state index contributed by atoms with van der Waals surface area (Å²) in [6.45, 7) is 5.60. The van der Waals surface area contributed by atoms with E-state index in [1.54, 1.807) is 48.7 Å². The predicted molar refractivity (Wildman–Crippen MR) is 154 cm³/mol. The number of hydrogen-bond acceptors (Lipinski definition) is 7. The Kier molecular flexibility index (Phi) is 9.74. The van der Waals surface area contributed by atoms with E-state index in [0.717, 1.165) is 17.9 Å². The summed E-state index contributed by atoms with van der Waals surface area (Å²) in [7, 11) is 3.70. The quantitative estimate of drug-likeness (QED) is 0.423. The summed E-state index contributed by atoms with van der Waals surface area (Å²) >= 11 is 0. The minimum absolute atomic E-state index is 0.00622. The molecule has 1 aliphatic rings. The van der Waals surface area contributed by atoms with Gasteiger partial charge in [0.2, 0.25) is 5.91 Å². The van der Waals surface area contributed by atoms with Crippen molar-refractivity contribution in [3.8, 4) is 11.5 Å². The van der Waals surface area contributed by atoms with Gasteiger partial charge in [0.15, 0.2) is 0 Å². The molecule has 0 saturated carbocycles. The molecule has 0 aliphatic carbocycles. The van der Waals surface area contributed by atoms with Crippen LogP contribution in [0.3, 0.4) is 0 Å². The molecule has 9 heteroatoms. The number of aromatic nitrogens is 1. The van der Waals surface area contributed by atoms with Crippen molar-refractivity contribution in [3.05, 3.63) is 83.7 Å². The zero-order valence-corrected chi connectivity index (χ0v) is 23.5. The average Bonchev–Trinajstić information content (AvgIpc) is 3.01. The van der Waals surface area contributed by atoms with Crippen LogP contribution in [0.5, 0.6) is 11.5 Å². The van der Waals surface area contributed by atoms with Gasteiger partial charge >= 0.3 is 0 Å². The standard InChI is InChI=1S/C31H38N4O5/c1-21-17-35(22(2)20-36)30(37)16-25-15-26(33-31(38)24-11-13-32-14-12-24)7-10-28(25)40-29(21)19-34(3)18-23-5-8-27(39-4)9-6-23/h5-15,21-22,29,36H,16-20H2,1-4H3,(H,33,38)/t21-,22-,29+/m1/s1. The number of ether oxygens (including phenoxy) is 2. The third-order valence-corrected chi connectivity index (χ3v) is 7.22. The molecule has 212 valence electrons. The van der Waals surface area contributed by atoms with Gasteiger partial charge in [-0.25, -0.2) is 0 Å². The second kappa shape index (κ2) is 13.4. The van der Waals surface area contributed by atoms with E-state index >= 15 is 0 Å². The van der Waals surface area contributed by atoms with E-state index in [4.69, 9.17) is 9.47 Å². The summed E-state index contributed by atoms with van der Waals surface area (Å²) in [5.74, 6) is 1.06. The number of carbonyl (C=O) groups excluding carboxylic acids is 2. The predicted octanol–water partition coefficient (Wildman–Crippen LogP) is 3.62. The number of carbonyl (C=O) groups is 2. The van der Waals surface area contributed by atoms with Gasteiger partial charge in [0.05, 0.1) is 26.2 Å². The highest BCUT2D eigenvalue weighted by atomic mass is 16.5. The van der Waals surface area contributed by atoms with Crippen molar-refractivity contribution in [2.75, 3.05) is 39.2 Å². The number of anilines is 1. The SMILES string of the molecule is COc1ccc(CN(C)C[C@@H]2Oc3ccc(NC(=O)c4ccncc4)cc3CC(=O)N([C@H](C)CO)C[C@H]2C)cc1. The van der Waals surface area contributed by atoms with Crippen molar-refractivity contribution in [1.82, 2.24) is 14.8 Å². The van der Waals surface area contributed by atoms with Gasteiger partial charge in [0.25, 0.3) is 5.91 Å². The van der Waals surface area contributed by atoms with Crippen LogP contribution in [-0.4, -0.2) is 77.7 Å². The molecule has 0 saturated heterocycles. The molecule has 1 aromatic heterocycles. The van der Waals surface area contributed by atoms with Gasteiger partial charge in [0.1, 0.15) is 17.6 Å². The third-order valence-electron chi connectivity index (χ3n) is 7.22. The molecule has 0 bridgehead atoms. The maximum Gasteiger partial charge on any atom is 0.255 e. The number of benzene rings is 2. The molecule has 3 atom stereocenters. The van der Waals surface area contributed by atoms with Crippen LogP contribution in [0, 0.1) is 5.92 Å². The van der Waals surface area contributed by atoms with E-state index < -0.39 is 0 Å². The molecule has 4 rings (SSSR count). The first-order valence-corrected chi connectivity index (χ1v) is 13.5. The summed E-state index contributed by atoms with van der Waals surface area (Å²) in [5.41, 5.74) is 2.89. The first-order chi connectivity index (χ1) is 19.3. The minimum atomic E-state index is -0.330. The first-order valence-electron chi connectivity index (χ1n) is 13.5. The number of rotatable bonds is 9. The number of nitrogens with one attached hydrogen (secondary N) is 1. The zero-order chi connectivity index (χ0) is 28.6. The van der Waals surface area contributed by atoms with Crippen LogP contribution in [0.2, 0.25) is 0 Å². The van der Waals surface area contributed by atoms with E-state index in [-0.39, 0.29) is 42.9 Å². The van der Waals surface area contributed by atoms with Crippen molar-refractivity contribution in [2.24, 2.45) is 5.92 Å². The normalized spacial score (nSPS) is 18.1. The maximum atomic E-state index is 13.5. The molecule has 0 radical (unpaired) electrons. The van der Waals surface area contributed by atoms with Crippen LogP contribution in [0.25, 0.3) is 0 Å². The Morgan fingerprint density at radius 1 is 1.20 bits per heavy atom. The number of aliphatic hydroxyl groups excluding tert-OH is 1. The van der Waals surface area contributed by atoms with Gasteiger partial charge in [-0.3, -0.25) is 19.5 Å². The van der Waals surface area contributed by atoms with Gasteiger partial charge in [-0.1, -0.05) is 19.1 Å². The molecule has 0 unspecified atom stereocenters. The van der Waals surface area contributed by atoms with Gasteiger partial charge < -0.3 is 24.8 Å². The minimum Gasteiger partial charge on any atom is -0.497 e. The molecular formula is C31H38N4O5. The number of aliphatic hydroxyl groups is 1. The Hall–Kier alpha value is -3.95. The number of pyridine rings is 1. The number of hydrogen-bond donors (Lipinski definition) is 2. The Morgan fingerprint density at radius 2 is 1.93 bits per heavy atom. The monoisotopic (exact) mass is 546 g/mol. The maximum absolute atomic E-state index is 13.5. The summed E-state index contributed by atoms with van der Waals surface area (Å²) in [4.78, 5) is 34.1. The molecule has 0 fully saturated rings.